The SMILES string of the molecule is C=CCN1C(=O)/C(=C\c2ccc(-c3cccc([N+](=O)[O-])c3)o2)SC1=Nc1cccnc1. The van der Waals surface area contributed by atoms with Crippen LogP contribution >= 0.6 is 11.8 Å². The first-order chi connectivity index (χ1) is 15.0. The second kappa shape index (κ2) is 8.80. The van der Waals surface area contributed by atoms with Crippen molar-refractivity contribution >= 4 is 40.3 Å². The Morgan fingerprint density at radius 1 is 1.26 bits per heavy atom. The molecule has 0 aliphatic carbocycles. The fraction of sp³-hybridized carbons (Fsp3) is 0.0455. The van der Waals surface area contributed by atoms with E-state index in [0.717, 1.165) is 0 Å². The van der Waals surface area contributed by atoms with E-state index in [-0.39, 0.29) is 11.6 Å². The van der Waals surface area contributed by atoms with Crippen LogP contribution in [0, 0.1) is 10.1 Å². The lowest BCUT2D eigenvalue weighted by Crippen LogP contribution is -2.29. The fourth-order valence-corrected chi connectivity index (χ4v) is 3.89. The number of aromatic nitrogens is 1. The average molecular weight is 432 g/mol. The lowest BCUT2D eigenvalue weighted by atomic mass is 10.1. The highest BCUT2D eigenvalue weighted by atomic mass is 32.2. The van der Waals surface area contributed by atoms with Gasteiger partial charge in [-0.05, 0) is 36.0 Å². The minimum atomic E-state index is -0.458. The molecule has 3 heterocycles. The van der Waals surface area contributed by atoms with E-state index in [1.54, 1.807) is 60.9 Å². The number of thioether (sulfide) groups is 1. The Balaban J connectivity index is 1.62. The summed E-state index contributed by atoms with van der Waals surface area (Å²) in [5.74, 6) is 0.720. The number of carbonyl (C=O) groups is 1. The van der Waals surface area contributed by atoms with E-state index >= 15 is 0 Å². The molecule has 1 aliphatic rings. The summed E-state index contributed by atoms with van der Waals surface area (Å²) in [5.41, 5.74) is 1.20. The number of amides is 1. The van der Waals surface area contributed by atoms with Gasteiger partial charge in [0, 0.05) is 36.5 Å². The van der Waals surface area contributed by atoms with Gasteiger partial charge in [-0.25, -0.2) is 4.99 Å². The zero-order chi connectivity index (χ0) is 21.8. The first-order valence-corrected chi connectivity index (χ1v) is 10.0. The second-order valence-electron chi connectivity index (χ2n) is 6.43. The highest BCUT2D eigenvalue weighted by Gasteiger charge is 2.33. The molecule has 1 aliphatic heterocycles. The van der Waals surface area contributed by atoms with Crippen LogP contribution in [0.4, 0.5) is 11.4 Å². The van der Waals surface area contributed by atoms with Gasteiger partial charge in [-0.3, -0.25) is 24.8 Å². The number of benzene rings is 1. The average Bonchev–Trinajstić information content (AvgIpc) is 3.36. The van der Waals surface area contributed by atoms with Gasteiger partial charge in [0.2, 0.25) is 0 Å². The Kier molecular flexibility index (Phi) is 5.76. The number of aliphatic imine (C=N–C) groups is 1. The molecule has 0 radical (unpaired) electrons. The van der Waals surface area contributed by atoms with E-state index in [2.05, 4.69) is 16.6 Å². The smallest absolute Gasteiger partial charge is 0.270 e. The van der Waals surface area contributed by atoms with Gasteiger partial charge in [0.1, 0.15) is 11.5 Å². The van der Waals surface area contributed by atoms with Gasteiger partial charge >= 0.3 is 0 Å². The van der Waals surface area contributed by atoms with E-state index in [9.17, 15) is 14.9 Å². The van der Waals surface area contributed by atoms with Crippen LogP contribution in [0.5, 0.6) is 0 Å². The second-order valence-corrected chi connectivity index (χ2v) is 7.44. The number of amidine groups is 1. The zero-order valence-corrected chi connectivity index (χ0v) is 17.0. The number of furan rings is 1. The van der Waals surface area contributed by atoms with E-state index < -0.39 is 4.92 Å². The molecule has 1 aromatic carbocycles. The molecular formula is C22H16N4O4S. The van der Waals surface area contributed by atoms with Crippen LogP contribution in [0.3, 0.4) is 0 Å². The van der Waals surface area contributed by atoms with Crippen molar-refractivity contribution in [2.45, 2.75) is 0 Å². The molecule has 154 valence electrons. The van der Waals surface area contributed by atoms with Gasteiger partial charge in [0.25, 0.3) is 11.6 Å². The minimum Gasteiger partial charge on any atom is -0.457 e. The molecule has 0 unspecified atom stereocenters. The van der Waals surface area contributed by atoms with Crippen LogP contribution in [0.15, 0.2) is 87.9 Å². The number of carbonyl (C=O) groups excluding carboxylic acids is 1. The lowest BCUT2D eigenvalue weighted by Gasteiger charge is -2.12. The number of nitrogens with zero attached hydrogens (tertiary/aromatic N) is 4. The lowest BCUT2D eigenvalue weighted by molar-refractivity contribution is -0.384. The van der Waals surface area contributed by atoms with Gasteiger partial charge in [-0.2, -0.15) is 0 Å². The van der Waals surface area contributed by atoms with Gasteiger partial charge in [-0.15, -0.1) is 6.58 Å². The monoisotopic (exact) mass is 432 g/mol. The molecule has 1 fully saturated rings. The van der Waals surface area contributed by atoms with E-state index in [4.69, 9.17) is 4.42 Å². The first kappa shape index (κ1) is 20.3. The number of rotatable bonds is 6. The summed E-state index contributed by atoms with van der Waals surface area (Å²) >= 11 is 1.23. The summed E-state index contributed by atoms with van der Waals surface area (Å²) in [6.07, 6.45) is 6.53. The van der Waals surface area contributed by atoms with Crippen molar-refractivity contribution in [3.05, 3.63) is 94.4 Å². The highest BCUT2D eigenvalue weighted by molar-refractivity contribution is 8.18. The van der Waals surface area contributed by atoms with Crippen LogP contribution in [-0.4, -0.2) is 32.4 Å². The molecule has 2 aromatic heterocycles. The topological polar surface area (TPSA) is 102 Å². The third-order valence-corrected chi connectivity index (χ3v) is 5.32. The Labute approximate surface area is 181 Å². The molecule has 0 bridgehead atoms. The maximum absolute atomic E-state index is 12.9. The number of nitro benzene ring substituents is 1. The van der Waals surface area contributed by atoms with Crippen LogP contribution in [0.2, 0.25) is 0 Å². The minimum absolute atomic E-state index is 0.0216. The molecule has 31 heavy (non-hydrogen) atoms. The summed E-state index contributed by atoms with van der Waals surface area (Å²) in [4.78, 5) is 34.0. The molecule has 1 amide bonds. The fourth-order valence-electron chi connectivity index (χ4n) is 2.90. The quantitative estimate of drug-likeness (QED) is 0.234. The van der Waals surface area contributed by atoms with Gasteiger partial charge in [0.05, 0.1) is 21.7 Å². The summed E-state index contributed by atoms with van der Waals surface area (Å²) < 4.78 is 5.81. The Morgan fingerprint density at radius 2 is 2.13 bits per heavy atom. The predicted octanol–water partition coefficient (Wildman–Crippen LogP) is 5.04. The Hall–Kier alpha value is -3.98. The van der Waals surface area contributed by atoms with Crippen molar-refractivity contribution in [2.75, 3.05) is 6.54 Å². The Morgan fingerprint density at radius 3 is 2.87 bits per heavy atom. The van der Waals surface area contributed by atoms with Crippen molar-refractivity contribution in [1.29, 1.82) is 0 Å². The number of hydrogen-bond donors (Lipinski definition) is 0. The largest absolute Gasteiger partial charge is 0.457 e. The third-order valence-electron chi connectivity index (χ3n) is 4.31. The maximum atomic E-state index is 12.9. The Bertz CT molecular complexity index is 1220. The van der Waals surface area contributed by atoms with Crippen molar-refractivity contribution in [3.8, 4) is 11.3 Å². The maximum Gasteiger partial charge on any atom is 0.270 e. The molecule has 3 aromatic rings. The normalized spacial score (nSPS) is 16.3. The van der Waals surface area contributed by atoms with Crippen LogP contribution in [0.25, 0.3) is 17.4 Å². The number of hydrogen-bond acceptors (Lipinski definition) is 7. The molecule has 9 heteroatoms. The van der Waals surface area contributed by atoms with Crippen molar-refractivity contribution in [3.63, 3.8) is 0 Å². The molecule has 4 rings (SSSR count). The molecule has 0 saturated carbocycles. The van der Waals surface area contributed by atoms with Crippen molar-refractivity contribution in [2.24, 2.45) is 4.99 Å². The molecular weight excluding hydrogens is 416 g/mol. The summed E-state index contributed by atoms with van der Waals surface area (Å²) in [6.45, 7) is 4.03. The summed E-state index contributed by atoms with van der Waals surface area (Å²) in [6, 6.07) is 13.2. The van der Waals surface area contributed by atoms with Crippen LogP contribution in [-0.2, 0) is 4.79 Å². The first-order valence-electron chi connectivity index (χ1n) is 9.21. The molecule has 0 N–H and O–H groups in total. The number of non-ortho nitro benzene ring substituents is 1. The number of nitro groups is 1. The van der Waals surface area contributed by atoms with Gasteiger partial charge in [-0.1, -0.05) is 18.2 Å². The highest BCUT2D eigenvalue weighted by Crippen LogP contribution is 2.35. The molecule has 0 spiro atoms. The van der Waals surface area contributed by atoms with E-state index in [0.29, 0.717) is 39.4 Å². The molecule has 8 nitrogen and oxygen atoms in total. The standard InChI is InChI=1S/C22H16N4O4S/c1-2-11-25-21(27)20(31-22(25)24-16-6-4-10-23-14-16)13-18-8-9-19(30-18)15-5-3-7-17(12-15)26(28)29/h2-10,12-14H,1,11H2/b20-13+,24-22?. The zero-order valence-electron chi connectivity index (χ0n) is 16.2. The molecule has 1 saturated heterocycles. The third kappa shape index (κ3) is 4.46. The van der Waals surface area contributed by atoms with Gasteiger partial charge < -0.3 is 4.42 Å². The summed E-state index contributed by atoms with van der Waals surface area (Å²) in [5, 5.41) is 11.5. The van der Waals surface area contributed by atoms with Crippen LogP contribution < -0.4 is 0 Å². The van der Waals surface area contributed by atoms with E-state index in [1.165, 1.54) is 28.8 Å². The summed E-state index contributed by atoms with van der Waals surface area (Å²) in [7, 11) is 0. The van der Waals surface area contributed by atoms with Crippen LogP contribution in [0.1, 0.15) is 5.76 Å². The predicted molar refractivity (Wildman–Crippen MR) is 120 cm³/mol. The van der Waals surface area contributed by atoms with Gasteiger partial charge in [0.15, 0.2) is 5.17 Å². The van der Waals surface area contributed by atoms with E-state index in [1.807, 2.05) is 0 Å². The van der Waals surface area contributed by atoms with Crippen molar-refractivity contribution < 1.29 is 14.1 Å². The molecule has 0 atom stereocenters. The number of pyridine rings is 1. The van der Waals surface area contributed by atoms with Crippen molar-refractivity contribution in [1.82, 2.24) is 9.88 Å².